The second kappa shape index (κ2) is 14.4. The van der Waals surface area contributed by atoms with Crippen LogP contribution in [0.5, 0.6) is 0 Å². The fourth-order valence-corrected chi connectivity index (χ4v) is 4.74. The largest absolute Gasteiger partial charge is 0.459 e. The van der Waals surface area contributed by atoms with Crippen molar-refractivity contribution in [3.63, 3.8) is 0 Å². The van der Waals surface area contributed by atoms with Crippen molar-refractivity contribution in [1.82, 2.24) is 30.2 Å². The zero-order valence-corrected chi connectivity index (χ0v) is 23.7. The van der Waals surface area contributed by atoms with Crippen LogP contribution in [0.4, 0.5) is 0 Å². The number of ether oxygens (including phenoxy) is 1. The quantitative estimate of drug-likeness (QED) is 0.108. The topological polar surface area (TPSA) is 151 Å². The first-order valence-electron chi connectivity index (χ1n) is 13.5. The van der Waals surface area contributed by atoms with Crippen LogP contribution >= 0.6 is 11.6 Å². The number of imidazole rings is 1. The van der Waals surface area contributed by atoms with Crippen LogP contribution in [0.15, 0.2) is 48.5 Å². The molecular formula is C28H32ClN7O5. The van der Waals surface area contributed by atoms with E-state index >= 15 is 0 Å². The Morgan fingerprint density at radius 2 is 1.90 bits per heavy atom. The van der Waals surface area contributed by atoms with E-state index in [1.54, 1.807) is 6.92 Å². The van der Waals surface area contributed by atoms with Crippen molar-refractivity contribution in [3.05, 3.63) is 80.9 Å². The van der Waals surface area contributed by atoms with Gasteiger partial charge in [-0.05, 0) is 48.1 Å². The average molecular weight is 582 g/mol. The van der Waals surface area contributed by atoms with Crippen LogP contribution in [-0.4, -0.2) is 47.3 Å². The molecule has 216 valence electrons. The third-order valence-electron chi connectivity index (χ3n) is 6.60. The molecule has 41 heavy (non-hydrogen) atoms. The number of H-pyrrole nitrogens is 1. The summed E-state index contributed by atoms with van der Waals surface area (Å²) in [5.74, 6) is 0.943. The molecule has 0 unspecified atom stereocenters. The molecule has 2 aromatic carbocycles. The van der Waals surface area contributed by atoms with E-state index in [2.05, 4.69) is 37.4 Å². The van der Waals surface area contributed by atoms with E-state index in [1.165, 1.54) is 0 Å². The van der Waals surface area contributed by atoms with Crippen LogP contribution in [0.2, 0.25) is 5.15 Å². The maximum Gasteiger partial charge on any atom is 0.306 e. The lowest BCUT2D eigenvalue weighted by Gasteiger charge is -2.14. The van der Waals surface area contributed by atoms with Crippen LogP contribution in [0.1, 0.15) is 63.0 Å². The minimum atomic E-state index is -0.828. The molecule has 0 bridgehead atoms. The molecule has 1 N–H and O–H groups in total. The molecule has 2 heterocycles. The van der Waals surface area contributed by atoms with E-state index in [4.69, 9.17) is 16.3 Å². The SMILES string of the molecule is CCCCc1nc(Cl)c(COC(=O)CCC[C@@H](C)O[N+](=O)[O-])n1Cc1ccc(-c2ccccc2-c2nn[nH]n2)cc1. The fourth-order valence-electron chi connectivity index (χ4n) is 4.49. The van der Waals surface area contributed by atoms with Gasteiger partial charge in [0.2, 0.25) is 5.82 Å². The predicted molar refractivity (Wildman–Crippen MR) is 151 cm³/mol. The van der Waals surface area contributed by atoms with Crippen LogP contribution in [0.3, 0.4) is 0 Å². The van der Waals surface area contributed by atoms with E-state index < -0.39 is 17.2 Å². The third kappa shape index (κ3) is 8.10. The highest BCUT2D eigenvalue weighted by molar-refractivity contribution is 6.30. The standard InChI is InChI=1S/C28H32ClN7O5/c1-3-4-11-25-30-27(29)24(18-40-26(37)12-7-8-19(2)41-36(38)39)35(25)17-20-13-15-21(16-14-20)22-9-5-6-10-23(22)28-31-33-34-32-28/h5-6,9-10,13-16,19H,3-4,7-8,11-12,17-18H2,1-2H3,(H,31,32,33,34)/t19-/m1/s1. The van der Waals surface area contributed by atoms with Gasteiger partial charge in [0.1, 0.15) is 18.5 Å². The molecule has 2 aromatic heterocycles. The number of rotatable bonds is 15. The lowest BCUT2D eigenvalue weighted by Crippen LogP contribution is -2.15. The average Bonchev–Trinajstić information content (AvgIpc) is 3.59. The van der Waals surface area contributed by atoms with E-state index in [1.807, 2.05) is 53.1 Å². The van der Waals surface area contributed by atoms with Gasteiger partial charge < -0.3 is 14.1 Å². The summed E-state index contributed by atoms with van der Waals surface area (Å²) in [6.45, 7) is 4.19. The molecule has 1 atom stereocenters. The van der Waals surface area contributed by atoms with Gasteiger partial charge in [-0.25, -0.2) is 4.98 Å². The molecule has 0 aliphatic carbocycles. The van der Waals surface area contributed by atoms with Crippen molar-refractivity contribution in [2.75, 3.05) is 0 Å². The molecule has 0 spiro atoms. The number of halogens is 1. The van der Waals surface area contributed by atoms with Gasteiger partial charge in [0, 0.05) is 24.9 Å². The molecule has 12 nitrogen and oxygen atoms in total. The van der Waals surface area contributed by atoms with E-state index in [0.29, 0.717) is 36.1 Å². The number of tetrazole rings is 1. The Morgan fingerprint density at radius 1 is 1.15 bits per heavy atom. The number of aryl methyl sites for hydroxylation is 1. The summed E-state index contributed by atoms with van der Waals surface area (Å²) in [4.78, 5) is 31.9. The maximum absolute atomic E-state index is 12.4. The Morgan fingerprint density at radius 3 is 2.59 bits per heavy atom. The number of carbonyl (C=O) groups is 1. The van der Waals surface area contributed by atoms with Gasteiger partial charge >= 0.3 is 5.97 Å². The molecule has 0 aliphatic heterocycles. The molecule has 0 radical (unpaired) electrons. The van der Waals surface area contributed by atoms with Crippen LogP contribution in [0.25, 0.3) is 22.5 Å². The number of esters is 1. The summed E-state index contributed by atoms with van der Waals surface area (Å²) >= 11 is 6.52. The van der Waals surface area contributed by atoms with Crippen LogP contribution in [-0.2, 0) is 33.9 Å². The van der Waals surface area contributed by atoms with Crippen molar-refractivity contribution in [2.45, 2.75) is 71.6 Å². The molecule has 4 rings (SSSR count). The highest BCUT2D eigenvalue weighted by Crippen LogP contribution is 2.30. The fraction of sp³-hybridized carbons (Fsp3) is 0.393. The third-order valence-corrected chi connectivity index (χ3v) is 6.91. The first-order chi connectivity index (χ1) is 19.9. The first kappa shape index (κ1) is 29.7. The highest BCUT2D eigenvalue weighted by atomic mass is 35.5. The van der Waals surface area contributed by atoms with Gasteiger partial charge in [-0.3, -0.25) is 4.79 Å². The molecule has 0 saturated heterocycles. The van der Waals surface area contributed by atoms with Gasteiger partial charge in [0.05, 0.1) is 5.69 Å². The lowest BCUT2D eigenvalue weighted by molar-refractivity contribution is -0.767. The van der Waals surface area contributed by atoms with Crippen molar-refractivity contribution in [3.8, 4) is 22.5 Å². The molecule has 13 heteroatoms. The number of nitrogens with one attached hydrogen (secondary N) is 1. The monoisotopic (exact) mass is 581 g/mol. The number of aromatic amines is 1. The van der Waals surface area contributed by atoms with Crippen molar-refractivity contribution >= 4 is 17.6 Å². The van der Waals surface area contributed by atoms with Crippen molar-refractivity contribution in [2.24, 2.45) is 0 Å². The van der Waals surface area contributed by atoms with Gasteiger partial charge in [0.25, 0.3) is 5.09 Å². The number of nitrogens with zero attached hydrogens (tertiary/aromatic N) is 6. The van der Waals surface area contributed by atoms with Crippen LogP contribution < -0.4 is 0 Å². The van der Waals surface area contributed by atoms with Crippen molar-refractivity contribution in [1.29, 1.82) is 0 Å². The summed E-state index contributed by atoms with van der Waals surface area (Å²) in [7, 11) is 0. The van der Waals surface area contributed by atoms with E-state index in [-0.39, 0.29) is 13.0 Å². The number of benzene rings is 2. The molecule has 0 saturated carbocycles. The Balaban J connectivity index is 1.46. The summed E-state index contributed by atoms with van der Waals surface area (Å²) in [6, 6.07) is 16.0. The molecule has 0 fully saturated rings. The van der Waals surface area contributed by atoms with Gasteiger partial charge in [-0.1, -0.05) is 73.5 Å². The lowest BCUT2D eigenvalue weighted by atomic mass is 9.98. The predicted octanol–water partition coefficient (Wildman–Crippen LogP) is 5.58. The summed E-state index contributed by atoms with van der Waals surface area (Å²) < 4.78 is 7.53. The number of hydrogen-bond acceptors (Lipinski definition) is 9. The normalized spacial score (nSPS) is 11.8. The minimum Gasteiger partial charge on any atom is -0.459 e. The van der Waals surface area contributed by atoms with Crippen LogP contribution in [0, 0.1) is 10.1 Å². The number of carbonyl (C=O) groups excluding carboxylic acids is 1. The molecular weight excluding hydrogens is 550 g/mol. The van der Waals surface area contributed by atoms with E-state index in [9.17, 15) is 14.9 Å². The number of aromatic nitrogens is 6. The Hall–Kier alpha value is -4.32. The molecule has 0 amide bonds. The highest BCUT2D eigenvalue weighted by Gasteiger charge is 2.19. The molecule has 0 aliphatic rings. The Bertz CT molecular complexity index is 1440. The molecule has 4 aromatic rings. The second-order valence-corrected chi connectivity index (χ2v) is 9.98. The summed E-state index contributed by atoms with van der Waals surface area (Å²) in [6.07, 6.45) is 3.00. The summed E-state index contributed by atoms with van der Waals surface area (Å²) in [5.41, 5.74) is 4.53. The minimum absolute atomic E-state index is 0.0199. The second-order valence-electron chi connectivity index (χ2n) is 9.63. The summed E-state index contributed by atoms with van der Waals surface area (Å²) in [5, 5.41) is 24.3. The number of unbranched alkanes of at least 4 members (excludes halogenated alkanes) is 1. The van der Waals surface area contributed by atoms with E-state index in [0.717, 1.165) is 47.3 Å². The zero-order valence-electron chi connectivity index (χ0n) is 23.0. The smallest absolute Gasteiger partial charge is 0.306 e. The maximum atomic E-state index is 12.4. The van der Waals surface area contributed by atoms with Crippen molar-refractivity contribution < 1.29 is 19.5 Å². The Kier molecular flexibility index (Phi) is 10.4. The first-order valence-corrected chi connectivity index (χ1v) is 13.9. The van der Waals surface area contributed by atoms with Gasteiger partial charge in [0.15, 0.2) is 5.15 Å². The zero-order chi connectivity index (χ0) is 29.2. The van der Waals surface area contributed by atoms with Gasteiger partial charge in [-0.15, -0.1) is 20.3 Å². The Labute approximate surface area is 242 Å². The number of hydrogen-bond donors (Lipinski definition) is 1. The van der Waals surface area contributed by atoms with Gasteiger partial charge in [-0.2, -0.15) is 5.21 Å².